The minimum Gasteiger partial charge on any atom is -0.490 e. The lowest BCUT2D eigenvalue weighted by Crippen LogP contribution is -2.23. The average Bonchev–Trinajstić information content (AvgIpc) is 3.20. The zero-order chi connectivity index (χ0) is 23.8. The summed E-state index contributed by atoms with van der Waals surface area (Å²) in [6, 6.07) is 13.2. The van der Waals surface area contributed by atoms with Gasteiger partial charge in [-0.2, -0.15) is 0 Å². The smallest absolute Gasteiger partial charge is 0.305 e. The van der Waals surface area contributed by atoms with Gasteiger partial charge in [0, 0.05) is 21.4 Å². The van der Waals surface area contributed by atoms with Crippen LogP contribution in [-0.2, 0) is 9.53 Å². The number of aliphatic hydroxyl groups excluding tert-OH is 3. The van der Waals surface area contributed by atoms with E-state index >= 15 is 0 Å². The Kier molecular flexibility index (Phi) is 8.96. The first kappa shape index (κ1) is 24.9. The fraction of sp³-hybridized carbons (Fsp3) is 0.320. The van der Waals surface area contributed by atoms with Crippen molar-refractivity contribution >= 4 is 33.5 Å². The number of methoxy groups -OCH3 is 1. The van der Waals surface area contributed by atoms with Crippen molar-refractivity contribution in [2.24, 2.45) is 0 Å². The molecule has 0 aliphatic heterocycles. The Bertz CT molecular complexity index is 1080. The normalized spacial score (nSPS) is 14.3. The van der Waals surface area contributed by atoms with Gasteiger partial charge in [-0.25, -0.2) is 4.39 Å². The van der Waals surface area contributed by atoms with Crippen LogP contribution in [0.4, 0.5) is 4.39 Å². The van der Waals surface area contributed by atoms with Crippen molar-refractivity contribution in [2.45, 2.75) is 37.6 Å². The van der Waals surface area contributed by atoms with E-state index in [1.807, 2.05) is 24.3 Å². The lowest BCUT2D eigenvalue weighted by Gasteiger charge is -2.15. The van der Waals surface area contributed by atoms with Crippen LogP contribution in [0.15, 0.2) is 54.6 Å². The van der Waals surface area contributed by atoms with Crippen LogP contribution in [0.25, 0.3) is 16.2 Å². The fourth-order valence-corrected chi connectivity index (χ4v) is 4.50. The molecule has 3 atom stereocenters. The molecule has 1 heterocycles. The maximum atomic E-state index is 13.1. The van der Waals surface area contributed by atoms with E-state index in [9.17, 15) is 24.5 Å². The SMILES string of the molecule is COC(=O)CCC[C@H](O)[C@H](O)/C=C/c1c([C@H](O)COc2ccc(F)cc2)sc2ccccc12. The summed E-state index contributed by atoms with van der Waals surface area (Å²) in [5.74, 6) is -0.288. The number of rotatable bonds is 11. The number of carbonyl (C=O) groups is 1. The second kappa shape index (κ2) is 11.9. The first-order valence-corrected chi connectivity index (χ1v) is 11.4. The molecule has 0 aliphatic carbocycles. The van der Waals surface area contributed by atoms with E-state index in [1.165, 1.54) is 48.8 Å². The van der Waals surface area contributed by atoms with Crippen molar-refractivity contribution in [3.63, 3.8) is 0 Å². The molecule has 0 amide bonds. The first-order valence-electron chi connectivity index (χ1n) is 10.6. The molecular formula is C25H27FO6S. The number of benzene rings is 2. The van der Waals surface area contributed by atoms with Crippen LogP contribution in [0.3, 0.4) is 0 Å². The van der Waals surface area contributed by atoms with Crippen LogP contribution in [0, 0.1) is 5.82 Å². The number of hydrogen-bond donors (Lipinski definition) is 3. The van der Waals surface area contributed by atoms with Crippen molar-refractivity contribution in [3.8, 4) is 5.75 Å². The van der Waals surface area contributed by atoms with Crippen LogP contribution < -0.4 is 4.74 Å². The molecule has 3 aromatic rings. The highest BCUT2D eigenvalue weighted by atomic mass is 32.1. The highest BCUT2D eigenvalue weighted by Crippen LogP contribution is 2.36. The molecule has 176 valence electrons. The number of aliphatic hydroxyl groups is 3. The van der Waals surface area contributed by atoms with Gasteiger partial charge in [0.1, 0.15) is 24.3 Å². The van der Waals surface area contributed by atoms with E-state index in [-0.39, 0.29) is 31.2 Å². The summed E-state index contributed by atoms with van der Waals surface area (Å²) >= 11 is 1.41. The molecule has 0 radical (unpaired) electrons. The lowest BCUT2D eigenvalue weighted by molar-refractivity contribution is -0.140. The highest BCUT2D eigenvalue weighted by molar-refractivity contribution is 7.19. The number of halogens is 1. The number of carbonyl (C=O) groups excluding carboxylic acids is 1. The van der Waals surface area contributed by atoms with Crippen molar-refractivity contribution in [2.75, 3.05) is 13.7 Å². The molecule has 33 heavy (non-hydrogen) atoms. The van der Waals surface area contributed by atoms with Gasteiger partial charge in [-0.15, -0.1) is 11.3 Å². The number of fused-ring (bicyclic) bond motifs is 1. The molecule has 0 saturated heterocycles. The largest absolute Gasteiger partial charge is 0.490 e. The Morgan fingerprint density at radius 2 is 1.85 bits per heavy atom. The molecule has 3 rings (SSSR count). The summed E-state index contributed by atoms with van der Waals surface area (Å²) in [6.45, 7) is -0.0298. The van der Waals surface area contributed by atoms with Gasteiger partial charge in [0.05, 0.1) is 19.3 Å². The predicted molar refractivity (Wildman–Crippen MR) is 126 cm³/mol. The van der Waals surface area contributed by atoms with E-state index in [0.29, 0.717) is 17.0 Å². The molecule has 0 unspecified atom stereocenters. The van der Waals surface area contributed by atoms with E-state index < -0.39 is 18.3 Å². The summed E-state index contributed by atoms with van der Waals surface area (Å²) in [5.41, 5.74) is 0.728. The van der Waals surface area contributed by atoms with Crippen molar-refractivity contribution in [3.05, 3.63) is 70.9 Å². The van der Waals surface area contributed by atoms with Crippen molar-refractivity contribution in [1.29, 1.82) is 0 Å². The molecule has 6 nitrogen and oxygen atoms in total. The van der Waals surface area contributed by atoms with Crippen LogP contribution in [-0.4, -0.2) is 47.2 Å². The minimum atomic E-state index is -1.14. The fourth-order valence-electron chi connectivity index (χ4n) is 3.34. The Morgan fingerprint density at radius 1 is 1.12 bits per heavy atom. The number of esters is 1. The van der Waals surface area contributed by atoms with Gasteiger partial charge < -0.3 is 24.8 Å². The molecule has 0 fully saturated rings. The summed E-state index contributed by atoms with van der Waals surface area (Å²) in [5, 5.41) is 32.3. The summed E-state index contributed by atoms with van der Waals surface area (Å²) < 4.78 is 24.2. The topological polar surface area (TPSA) is 96.2 Å². The molecule has 2 aromatic carbocycles. The van der Waals surface area contributed by atoms with E-state index in [1.54, 1.807) is 6.08 Å². The zero-order valence-corrected chi connectivity index (χ0v) is 19.0. The maximum absolute atomic E-state index is 13.1. The minimum absolute atomic E-state index is 0.0298. The number of hydrogen-bond acceptors (Lipinski definition) is 7. The van der Waals surface area contributed by atoms with Crippen LogP contribution in [0.2, 0.25) is 0 Å². The first-order chi connectivity index (χ1) is 15.9. The van der Waals surface area contributed by atoms with Gasteiger partial charge in [0.2, 0.25) is 0 Å². The molecule has 8 heteroatoms. The van der Waals surface area contributed by atoms with Crippen LogP contribution in [0.5, 0.6) is 5.75 Å². The van der Waals surface area contributed by atoms with Gasteiger partial charge >= 0.3 is 5.97 Å². The molecule has 0 bridgehead atoms. The third-order valence-electron chi connectivity index (χ3n) is 5.15. The monoisotopic (exact) mass is 474 g/mol. The van der Waals surface area contributed by atoms with E-state index in [0.717, 1.165) is 15.6 Å². The quantitative estimate of drug-likeness (QED) is 0.360. The van der Waals surface area contributed by atoms with Gasteiger partial charge in [-0.3, -0.25) is 4.79 Å². The number of ether oxygens (including phenoxy) is 2. The van der Waals surface area contributed by atoms with E-state index in [2.05, 4.69) is 4.74 Å². The maximum Gasteiger partial charge on any atom is 0.305 e. The third-order valence-corrected chi connectivity index (χ3v) is 6.44. The number of thiophene rings is 1. The zero-order valence-electron chi connectivity index (χ0n) is 18.2. The average molecular weight is 475 g/mol. The summed E-state index contributed by atoms with van der Waals surface area (Å²) in [7, 11) is 1.30. The second-order valence-corrected chi connectivity index (χ2v) is 8.63. The Hall–Kier alpha value is -2.78. The standard InChI is InChI=1S/C25H27FO6S/c1-31-24(30)8-4-6-20(27)21(28)14-13-19-18-5-2-3-7-23(18)33-25(19)22(29)15-32-17-11-9-16(26)10-12-17/h2-3,5,7,9-14,20-22,27-29H,4,6,8,15H2,1H3/b14-13+/t20-,21+,22+/m0/s1. The Morgan fingerprint density at radius 3 is 2.58 bits per heavy atom. The lowest BCUT2D eigenvalue weighted by atomic mass is 10.0. The molecular weight excluding hydrogens is 447 g/mol. The molecule has 0 spiro atoms. The van der Waals surface area contributed by atoms with Gasteiger partial charge in [-0.1, -0.05) is 30.4 Å². The third kappa shape index (κ3) is 6.85. The molecule has 0 saturated carbocycles. The highest BCUT2D eigenvalue weighted by Gasteiger charge is 2.19. The Labute approximate surface area is 195 Å². The van der Waals surface area contributed by atoms with Crippen molar-refractivity contribution < 1.29 is 34.0 Å². The van der Waals surface area contributed by atoms with Gasteiger partial charge in [0.25, 0.3) is 0 Å². The Balaban J connectivity index is 1.72. The molecule has 3 N–H and O–H groups in total. The van der Waals surface area contributed by atoms with Gasteiger partial charge in [-0.05, 0) is 48.7 Å². The van der Waals surface area contributed by atoms with Crippen LogP contribution in [0.1, 0.15) is 35.8 Å². The summed E-state index contributed by atoms with van der Waals surface area (Å²) in [4.78, 5) is 11.9. The second-order valence-electron chi connectivity index (χ2n) is 7.54. The van der Waals surface area contributed by atoms with Crippen molar-refractivity contribution in [1.82, 2.24) is 0 Å². The summed E-state index contributed by atoms with van der Waals surface area (Å²) in [6.07, 6.45) is 0.847. The van der Waals surface area contributed by atoms with E-state index in [4.69, 9.17) is 4.74 Å². The van der Waals surface area contributed by atoms with Gasteiger partial charge in [0.15, 0.2) is 0 Å². The van der Waals surface area contributed by atoms with Crippen LogP contribution >= 0.6 is 11.3 Å². The molecule has 0 aliphatic rings. The predicted octanol–water partition coefficient (Wildman–Crippen LogP) is 4.23. The molecule has 1 aromatic heterocycles.